The molecule has 0 aliphatic carbocycles. The highest BCUT2D eigenvalue weighted by atomic mass is 16.5. The van der Waals surface area contributed by atoms with Crippen molar-refractivity contribution < 1.29 is 4.74 Å². The standard InChI is InChI=1S/C19H25N7O/c1-12(2)16-11-26(7-6-20-16)19-21-10-17(27-3)18(24-19)23-14-4-5-15-13(8-14)9-22-25-15/h4-5,8-10,12,16,20H,6-7,11H2,1-3H3,(H,22,25)(H,21,23,24). The van der Waals surface area contributed by atoms with Gasteiger partial charge < -0.3 is 20.3 Å². The zero-order valence-electron chi connectivity index (χ0n) is 15.9. The van der Waals surface area contributed by atoms with Gasteiger partial charge in [0.05, 0.1) is 25.0 Å². The minimum absolute atomic E-state index is 0.435. The van der Waals surface area contributed by atoms with Gasteiger partial charge in [-0.1, -0.05) is 13.8 Å². The van der Waals surface area contributed by atoms with Gasteiger partial charge in [-0.2, -0.15) is 10.1 Å². The summed E-state index contributed by atoms with van der Waals surface area (Å²) in [5.41, 5.74) is 1.92. The second-order valence-electron chi connectivity index (χ2n) is 7.13. The van der Waals surface area contributed by atoms with Crippen LogP contribution < -0.4 is 20.3 Å². The summed E-state index contributed by atoms with van der Waals surface area (Å²) in [7, 11) is 1.63. The Bertz CT molecular complexity index is 923. The van der Waals surface area contributed by atoms with Gasteiger partial charge in [0.2, 0.25) is 5.95 Å². The summed E-state index contributed by atoms with van der Waals surface area (Å²) in [5.74, 6) is 2.55. The van der Waals surface area contributed by atoms with Gasteiger partial charge in [0.25, 0.3) is 0 Å². The van der Waals surface area contributed by atoms with Crippen molar-refractivity contribution in [2.24, 2.45) is 5.92 Å². The molecule has 3 N–H and O–H groups in total. The maximum atomic E-state index is 5.45. The molecule has 3 aromatic rings. The number of fused-ring (bicyclic) bond motifs is 1. The van der Waals surface area contributed by atoms with Gasteiger partial charge in [0, 0.05) is 36.7 Å². The molecule has 1 saturated heterocycles. The lowest BCUT2D eigenvalue weighted by Crippen LogP contribution is -2.53. The summed E-state index contributed by atoms with van der Waals surface area (Å²) in [6.45, 7) is 7.17. The third-order valence-electron chi connectivity index (χ3n) is 4.96. The van der Waals surface area contributed by atoms with Gasteiger partial charge in [-0.3, -0.25) is 5.10 Å². The van der Waals surface area contributed by atoms with E-state index in [-0.39, 0.29) is 0 Å². The van der Waals surface area contributed by atoms with Crippen LogP contribution >= 0.6 is 0 Å². The van der Waals surface area contributed by atoms with Gasteiger partial charge in [-0.15, -0.1) is 0 Å². The van der Waals surface area contributed by atoms with E-state index in [0.717, 1.165) is 42.2 Å². The molecule has 1 unspecified atom stereocenters. The number of hydrogen-bond acceptors (Lipinski definition) is 7. The molecule has 4 rings (SSSR count). The van der Waals surface area contributed by atoms with Crippen LogP contribution in [0.25, 0.3) is 10.9 Å². The number of rotatable bonds is 5. The van der Waals surface area contributed by atoms with E-state index in [2.05, 4.69) is 44.6 Å². The zero-order chi connectivity index (χ0) is 18.8. The first-order valence-corrected chi connectivity index (χ1v) is 9.23. The average molecular weight is 367 g/mol. The van der Waals surface area contributed by atoms with Crippen LogP contribution in [0.2, 0.25) is 0 Å². The highest BCUT2D eigenvalue weighted by molar-refractivity contribution is 5.83. The van der Waals surface area contributed by atoms with Gasteiger partial charge in [-0.05, 0) is 24.1 Å². The molecule has 8 heteroatoms. The Labute approximate surface area is 158 Å². The summed E-state index contributed by atoms with van der Waals surface area (Å²) in [5, 5.41) is 15.0. The largest absolute Gasteiger partial charge is 0.491 e. The SMILES string of the molecule is COc1cnc(N2CCNC(C(C)C)C2)nc1Nc1ccc2[nH]ncc2c1. The molecule has 1 atom stereocenters. The predicted octanol–water partition coefficient (Wildman–Crippen LogP) is 2.54. The molecule has 1 fully saturated rings. The Hall–Kier alpha value is -2.87. The number of H-pyrrole nitrogens is 1. The summed E-state index contributed by atoms with van der Waals surface area (Å²) in [4.78, 5) is 11.5. The fourth-order valence-corrected chi connectivity index (χ4v) is 3.32. The first kappa shape index (κ1) is 17.5. The number of ether oxygens (including phenoxy) is 1. The molecule has 0 saturated carbocycles. The molecule has 1 aromatic carbocycles. The molecule has 0 bridgehead atoms. The lowest BCUT2D eigenvalue weighted by atomic mass is 10.0. The second-order valence-corrected chi connectivity index (χ2v) is 7.13. The fraction of sp³-hybridized carbons (Fsp3) is 0.421. The van der Waals surface area contributed by atoms with Crippen LogP contribution in [0, 0.1) is 5.92 Å². The van der Waals surface area contributed by atoms with Crippen LogP contribution in [-0.2, 0) is 0 Å². The van der Waals surface area contributed by atoms with Gasteiger partial charge in [0.15, 0.2) is 11.6 Å². The van der Waals surface area contributed by atoms with Crippen molar-refractivity contribution in [2.75, 3.05) is 37.0 Å². The maximum absolute atomic E-state index is 5.45. The van der Waals surface area contributed by atoms with E-state index in [0.29, 0.717) is 23.5 Å². The Morgan fingerprint density at radius 2 is 2.19 bits per heavy atom. The lowest BCUT2D eigenvalue weighted by Gasteiger charge is -2.35. The number of aromatic nitrogens is 4. The zero-order valence-corrected chi connectivity index (χ0v) is 15.9. The molecule has 1 aliphatic rings. The summed E-state index contributed by atoms with van der Waals surface area (Å²) in [6.07, 6.45) is 3.53. The van der Waals surface area contributed by atoms with Crippen molar-refractivity contribution in [1.29, 1.82) is 0 Å². The molecule has 0 spiro atoms. The number of hydrogen-bond donors (Lipinski definition) is 3. The Kier molecular flexibility index (Phi) is 4.81. The van der Waals surface area contributed by atoms with Crippen LogP contribution in [-0.4, -0.2) is 53.0 Å². The molecular weight excluding hydrogens is 342 g/mol. The fourth-order valence-electron chi connectivity index (χ4n) is 3.32. The number of nitrogens with one attached hydrogen (secondary N) is 3. The Balaban J connectivity index is 1.60. The van der Waals surface area contributed by atoms with Gasteiger partial charge in [-0.25, -0.2) is 4.98 Å². The molecule has 27 heavy (non-hydrogen) atoms. The van der Waals surface area contributed by atoms with Crippen LogP contribution in [0.1, 0.15) is 13.8 Å². The van der Waals surface area contributed by atoms with E-state index < -0.39 is 0 Å². The van der Waals surface area contributed by atoms with E-state index in [1.165, 1.54) is 0 Å². The smallest absolute Gasteiger partial charge is 0.227 e. The topological polar surface area (TPSA) is 91.0 Å². The molecule has 142 valence electrons. The van der Waals surface area contributed by atoms with Crippen molar-refractivity contribution in [2.45, 2.75) is 19.9 Å². The quantitative estimate of drug-likeness (QED) is 0.638. The van der Waals surface area contributed by atoms with E-state index in [4.69, 9.17) is 9.72 Å². The van der Waals surface area contributed by atoms with Gasteiger partial charge >= 0.3 is 0 Å². The van der Waals surface area contributed by atoms with E-state index in [1.54, 1.807) is 19.5 Å². The molecule has 8 nitrogen and oxygen atoms in total. The molecule has 0 amide bonds. The van der Waals surface area contributed by atoms with Crippen molar-refractivity contribution in [3.8, 4) is 5.75 Å². The van der Waals surface area contributed by atoms with Crippen LogP contribution in [0.3, 0.4) is 0 Å². The molecule has 0 radical (unpaired) electrons. The Morgan fingerprint density at radius 1 is 1.30 bits per heavy atom. The van der Waals surface area contributed by atoms with E-state index in [1.807, 2.05) is 18.2 Å². The van der Waals surface area contributed by atoms with E-state index in [9.17, 15) is 0 Å². The number of aromatic amines is 1. The average Bonchev–Trinajstić information content (AvgIpc) is 3.16. The Morgan fingerprint density at radius 3 is 3.00 bits per heavy atom. The van der Waals surface area contributed by atoms with Crippen molar-refractivity contribution in [3.63, 3.8) is 0 Å². The number of benzene rings is 1. The first-order valence-electron chi connectivity index (χ1n) is 9.23. The number of piperazine rings is 1. The number of methoxy groups -OCH3 is 1. The molecular formula is C19H25N7O. The maximum Gasteiger partial charge on any atom is 0.227 e. The predicted molar refractivity (Wildman–Crippen MR) is 107 cm³/mol. The van der Waals surface area contributed by atoms with E-state index >= 15 is 0 Å². The highest BCUT2D eigenvalue weighted by Gasteiger charge is 2.24. The number of anilines is 3. The number of nitrogens with zero attached hydrogens (tertiary/aromatic N) is 4. The van der Waals surface area contributed by atoms with Crippen molar-refractivity contribution in [1.82, 2.24) is 25.5 Å². The van der Waals surface area contributed by atoms with Crippen molar-refractivity contribution >= 4 is 28.4 Å². The summed E-state index contributed by atoms with van der Waals surface area (Å²) < 4.78 is 5.45. The van der Waals surface area contributed by atoms with Crippen LogP contribution in [0.4, 0.5) is 17.5 Å². The normalized spacial score (nSPS) is 17.5. The summed E-state index contributed by atoms with van der Waals surface area (Å²) in [6, 6.07) is 6.44. The molecule has 1 aliphatic heterocycles. The summed E-state index contributed by atoms with van der Waals surface area (Å²) >= 11 is 0. The van der Waals surface area contributed by atoms with Crippen LogP contribution in [0.15, 0.2) is 30.6 Å². The van der Waals surface area contributed by atoms with Crippen molar-refractivity contribution in [3.05, 3.63) is 30.6 Å². The van der Waals surface area contributed by atoms with Crippen LogP contribution in [0.5, 0.6) is 5.75 Å². The third kappa shape index (κ3) is 3.66. The third-order valence-corrected chi connectivity index (χ3v) is 4.96. The highest BCUT2D eigenvalue weighted by Crippen LogP contribution is 2.28. The molecule has 2 aromatic heterocycles. The minimum atomic E-state index is 0.435. The first-order chi connectivity index (χ1) is 13.1. The lowest BCUT2D eigenvalue weighted by molar-refractivity contribution is 0.365. The minimum Gasteiger partial charge on any atom is -0.491 e. The second kappa shape index (κ2) is 7.40. The molecule has 3 heterocycles. The monoisotopic (exact) mass is 367 g/mol. The van der Waals surface area contributed by atoms with Gasteiger partial charge in [0.1, 0.15) is 0 Å².